The maximum absolute atomic E-state index is 12.1. The fourth-order valence-electron chi connectivity index (χ4n) is 2.52. The van der Waals surface area contributed by atoms with E-state index in [4.69, 9.17) is 4.42 Å². The first-order valence-electron chi connectivity index (χ1n) is 6.33. The number of rotatable bonds is 2. The quantitative estimate of drug-likeness (QED) is 0.918. The molecule has 0 aliphatic carbocycles. The Morgan fingerprint density at radius 2 is 2.20 bits per heavy atom. The van der Waals surface area contributed by atoms with E-state index < -0.39 is 5.60 Å². The number of furan rings is 1. The Morgan fingerprint density at radius 1 is 1.40 bits per heavy atom. The number of aliphatic hydroxyl groups is 1. The maximum atomic E-state index is 12.1. The Hall–Kier alpha value is -1.59. The number of amides is 1. The fraction of sp³-hybridized carbons (Fsp3) is 0.267. The van der Waals surface area contributed by atoms with Gasteiger partial charge in [-0.25, -0.2) is 0 Å². The lowest BCUT2D eigenvalue weighted by Gasteiger charge is -2.21. The van der Waals surface area contributed by atoms with Gasteiger partial charge in [-0.2, -0.15) is 0 Å². The number of likely N-dealkylation sites (tertiary alicyclic amines) is 1. The van der Waals surface area contributed by atoms with Crippen LogP contribution >= 0.6 is 15.9 Å². The number of hydrogen-bond acceptors (Lipinski definition) is 3. The number of halogens is 1. The molecule has 1 fully saturated rings. The normalized spacial score (nSPS) is 22.6. The standard InChI is InChI=1S/C15H14BrNO3/c1-17-6-5-15(19,14(17)18)11-4-2-3-10(7-11)13-8-12(16)9-20-13/h2-4,7-9,19H,5-6H2,1H3/t15-/m1/s1. The highest BCUT2D eigenvalue weighted by molar-refractivity contribution is 9.10. The molecule has 2 heterocycles. The monoisotopic (exact) mass is 335 g/mol. The molecule has 20 heavy (non-hydrogen) atoms. The van der Waals surface area contributed by atoms with Gasteiger partial charge in [-0.3, -0.25) is 4.79 Å². The molecule has 1 aliphatic heterocycles. The van der Waals surface area contributed by atoms with Gasteiger partial charge in [-0.05, 0) is 33.6 Å². The Balaban J connectivity index is 2.02. The highest BCUT2D eigenvalue weighted by Gasteiger charge is 2.45. The molecule has 0 unspecified atom stereocenters. The van der Waals surface area contributed by atoms with E-state index in [1.54, 1.807) is 24.3 Å². The van der Waals surface area contributed by atoms with Crippen LogP contribution in [0, 0.1) is 0 Å². The topological polar surface area (TPSA) is 53.7 Å². The average molecular weight is 336 g/mol. The average Bonchev–Trinajstić information content (AvgIpc) is 3.00. The van der Waals surface area contributed by atoms with E-state index >= 15 is 0 Å². The molecule has 1 saturated heterocycles. The van der Waals surface area contributed by atoms with Crippen molar-refractivity contribution < 1.29 is 14.3 Å². The van der Waals surface area contributed by atoms with Gasteiger partial charge in [-0.15, -0.1) is 0 Å². The molecular formula is C15H14BrNO3. The van der Waals surface area contributed by atoms with Crippen LogP contribution in [0.5, 0.6) is 0 Å². The molecule has 1 amide bonds. The second-order valence-corrected chi connectivity index (χ2v) is 5.96. The van der Waals surface area contributed by atoms with Crippen molar-refractivity contribution in [3.8, 4) is 11.3 Å². The molecular weight excluding hydrogens is 322 g/mol. The van der Waals surface area contributed by atoms with Crippen molar-refractivity contribution in [1.82, 2.24) is 4.90 Å². The molecule has 0 spiro atoms. The van der Waals surface area contributed by atoms with Gasteiger partial charge in [0.1, 0.15) is 12.0 Å². The van der Waals surface area contributed by atoms with Gasteiger partial charge < -0.3 is 14.4 Å². The molecule has 3 rings (SSSR count). The summed E-state index contributed by atoms with van der Waals surface area (Å²) in [5.74, 6) is 0.441. The summed E-state index contributed by atoms with van der Waals surface area (Å²) >= 11 is 3.34. The molecule has 4 nitrogen and oxygen atoms in total. The Bertz CT molecular complexity index is 667. The van der Waals surface area contributed by atoms with Gasteiger partial charge in [0.25, 0.3) is 5.91 Å². The number of carbonyl (C=O) groups is 1. The minimum atomic E-state index is -1.42. The summed E-state index contributed by atoms with van der Waals surface area (Å²) in [6.45, 7) is 0.561. The third kappa shape index (κ3) is 2.07. The molecule has 104 valence electrons. The van der Waals surface area contributed by atoms with Gasteiger partial charge in [-0.1, -0.05) is 18.2 Å². The van der Waals surface area contributed by atoms with E-state index in [1.807, 2.05) is 24.3 Å². The van der Waals surface area contributed by atoms with Gasteiger partial charge in [0.05, 0.1) is 4.47 Å². The highest BCUT2D eigenvalue weighted by atomic mass is 79.9. The lowest BCUT2D eigenvalue weighted by Crippen LogP contribution is -2.36. The molecule has 1 aromatic carbocycles. The third-order valence-electron chi connectivity index (χ3n) is 3.70. The van der Waals surface area contributed by atoms with Crippen LogP contribution < -0.4 is 0 Å². The van der Waals surface area contributed by atoms with Crippen molar-refractivity contribution in [3.05, 3.63) is 46.6 Å². The summed E-state index contributed by atoms with van der Waals surface area (Å²) in [6, 6.07) is 9.15. The second-order valence-electron chi connectivity index (χ2n) is 5.05. The minimum absolute atomic E-state index is 0.254. The number of carbonyl (C=O) groups excluding carboxylic acids is 1. The van der Waals surface area contributed by atoms with Crippen LogP contribution in [0.3, 0.4) is 0 Å². The van der Waals surface area contributed by atoms with Crippen LogP contribution in [0.15, 0.2) is 45.5 Å². The van der Waals surface area contributed by atoms with Crippen LogP contribution in [0.4, 0.5) is 0 Å². The molecule has 1 atom stereocenters. The van der Waals surface area contributed by atoms with Gasteiger partial charge >= 0.3 is 0 Å². The zero-order valence-electron chi connectivity index (χ0n) is 11.0. The van der Waals surface area contributed by atoms with Crippen LogP contribution in [-0.4, -0.2) is 29.5 Å². The van der Waals surface area contributed by atoms with Crippen LogP contribution in [0.1, 0.15) is 12.0 Å². The Labute approximate surface area is 125 Å². The van der Waals surface area contributed by atoms with Crippen molar-refractivity contribution in [3.63, 3.8) is 0 Å². The first-order valence-corrected chi connectivity index (χ1v) is 7.13. The molecule has 0 saturated carbocycles. The lowest BCUT2D eigenvalue weighted by atomic mass is 9.91. The van der Waals surface area contributed by atoms with Gasteiger partial charge in [0.2, 0.25) is 0 Å². The van der Waals surface area contributed by atoms with Crippen molar-refractivity contribution >= 4 is 21.8 Å². The van der Waals surface area contributed by atoms with Gasteiger partial charge in [0, 0.05) is 25.6 Å². The van der Waals surface area contributed by atoms with Crippen molar-refractivity contribution in [2.45, 2.75) is 12.0 Å². The van der Waals surface area contributed by atoms with Crippen LogP contribution in [0.25, 0.3) is 11.3 Å². The first kappa shape index (κ1) is 13.4. The van der Waals surface area contributed by atoms with E-state index in [9.17, 15) is 9.90 Å². The minimum Gasteiger partial charge on any atom is -0.463 e. The van der Waals surface area contributed by atoms with Crippen LogP contribution in [0.2, 0.25) is 0 Å². The molecule has 0 bridgehead atoms. The Morgan fingerprint density at radius 3 is 2.80 bits per heavy atom. The number of hydrogen-bond donors (Lipinski definition) is 1. The van der Waals surface area contributed by atoms with Gasteiger partial charge in [0.15, 0.2) is 5.60 Å². The molecule has 1 N–H and O–H groups in total. The summed E-state index contributed by atoms with van der Waals surface area (Å²) in [5, 5.41) is 10.6. The number of nitrogens with zero attached hydrogens (tertiary/aromatic N) is 1. The highest BCUT2D eigenvalue weighted by Crippen LogP contribution is 2.35. The zero-order valence-corrected chi connectivity index (χ0v) is 12.6. The molecule has 0 radical (unpaired) electrons. The van der Waals surface area contributed by atoms with Crippen LogP contribution in [-0.2, 0) is 10.4 Å². The lowest BCUT2D eigenvalue weighted by molar-refractivity contribution is -0.143. The zero-order chi connectivity index (χ0) is 14.3. The fourth-order valence-corrected chi connectivity index (χ4v) is 2.82. The number of likely N-dealkylation sites (N-methyl/N-ethyl adjacent to an activating group) is 1. The van der Waals surface area contributed by atoms with E-state index in [1.165, 1.54) is 0 Å². The maximum Gasteiger partial charge on any atom is 0.258 e. The van der Waals surface area contributed by atoms with Crippen molar-refractivity contribution in [2.75, 3.05) is 13.6 Å². The molecule has 1 aliphatic rings. The first-order chi connectivity index (χ1) is 9.50. The van der Waals surface area contributed by atoms with E-state index in [0.717, 1.165) is 10.0 Å². The summed E-state index contributed by atoms with van der Waals surface area (Å²) < 4.78 is 6.28. The van der Waals surface area contributed by atoms with E-state index in [0.29, 0.717) is 24.3 Å². The predicted octanol–water partition coefficient (Wildman–Crippen LogP) is 2.76. The largest absolute Gasteiger partial charge is 0.463 e. The van der Waals surface area contributed by atoms with E-state index in [2.05, 4.69) is 15.9 Å². The SMILES string of the molecule is CN1CC[C@@](O)(c2cccc(-c3cc(Br)co3)c2)C1=O. The summed E-state index contributed by atoms with van der Waals surface area (Å²) in [7, 11) is 1.70. The smallest absolute Gasteiger partial charge is 0.258 e. The number of benzene rings is 1. The molecule has 2 aromatic rings. The summed E-state index contributed by atoms with van der Waals surface area (Å²) in [6.07, 6.45) is 2.01. The van der Waals surface area contributed by atoms with E-state index in [-0.39, 0.29) is 5.91 Å². The second kappa shape index (κ2) is 4.75. The molecule has 1 aromatic heterocycles. The predicted molar refractivity (Wildman–Crippen MR) is 78.0 cm³/mol. The summed E-state index contributed by atoms with van der Waals surface area (Å²) in [4.78, 5) is 13.7. The van der Waals surface area contributed by atoms with Crippen molar-refractivity contribution in [2.24, 2.45) is 0 Å². The Kier molecular flexibility index (Phi) is 3.18. The molecule has 5 heteroatoms. The third-order valence-corrected chi connectivity index (χ3v) is 4.12. The van der Waals surface area contributed by atoms with Crippen molar-refractivity contribution in [1.29, 1.82) is 0 Å². The summed E-state index contributed by atoms with van der Waals surface area (Å²) in [5.41, 5.74) is 0.0232.